The molecule has 0 saturated heterocycles. The van der Waals surface area contributed by atoms with Crippen molar-refractivity contribution < 1.29 is 5.11 Å². The fourth-order valence-electron chi connectivity index (χ4n) is 1.42. The lowest BCUT2D eigenvalue weighted by atomic mass is 10.1. The zero-order valence-electron chi connectivity index (χ0n) is 7.72. The topological polar surface area (TPSA) is 33.1 Å². The van der Waals surface area contributed by atoms with Crippen molar-refractivity contribution in [2.75, 3.05) is 0 Å². The molecule has 0 unspecified atom stereocenters. The van der Waals surface area contributed by atoms with E-state index < -0.39 is 0 Å². The molecule has 0 aliphatic rings. The standard InChI is InChI=1S/C12H11NO/c14-9-11-7-4-8-13-12(11)10-5-2-1-3-6-10/h1-8,14H,9H2. The van der Waals surface area contributed by atoms with E-state index in [9.17, 15) is 0 Å². The summed E-state index contributed by atoms with van der Waals surface area (Å²) in [6.07, 6.45) is 1.74. The highest BCUT2D eigenvalue weighted by molar-refractivity contribution is 5.62. The largest absolute Gasteiger partial charge is 0.392 e. The van der Waals surface area contributed by atoms with Crippen molar-refractivity contribution >= 4 is 0 Å². The summed E-state index contributed by atoms with van der Waals surface area (Å²) < 4.78 is 0. The fourth-order valence-corrected chi connectivity index (χ4v) is 1.42. The normalized spacial score (nSPS) is 10.1. The molecule has 0 aliphatic heterocycles. The van der Waals surface area contributed by atoms with Crippen molar-refractivity contribution in [3.8, 4) is 11.3 Å². The zero-order valence-corrected chi connectivity index (χ0v) is 7.72. The Hall–Kier alpha value is -1.67. The number of aromatic nitrogens is 1. The second-order valence-electron chi connectivity index (χ2n) is 3.04. The molecular formula is C12H11NO. The van der Waals surface area contributed by atoms with Gasteiger partial charge < -0.3 is 5.11 Å². The third-order valence-electron chi connectivity index (χ3n) is 2.11. The van der Waals surface area contributed by atoms with E-state index in [-0.39, 0.29) is 6.61 Å². The van der Waals surface area contributed by atoms with Crippen LogP contribution in [0.2, 0.25) is 0 Å². The molecule has 1 N–H and O–H groups in total. The van der Waals surface area contributed by atoms with Crippen molar-refractivity contribution in [1.82, 2.24) is 4.98 Å². The molecule has 2 rings (SSSR count). The first-order chi connectivity index (χ1) is 6.92. The Morgan fingerprint density at radius 1 is 1.00 bits per heavy atom. The second kappa shape index (κ2) is 4.03. The van der Waals surface area contributed by atoms with Gasteiger partial charge in [-0.25, -0.2) is 0 Å². The van der Waals surface area contributed by atoms with Gasteiger partial charge >= 0.3 is 0 Å². The zero-order chi connectivity index (χ0) is 9.80. The first-order valence-electron chi connectivity index (χ1n) is 4.52. The quantitative estimate of drug-likeness (QED) is 0.778. The van der Waals surface area contributed by atoms with Gasteiger partial charge in [-0.15, -0.1) is 0 Å². The molecule has 14 heavy (non-hydrogen) atoms. The molecule has 1 aromatic carbocycles. The molecule has 0 fully saturated rings. The van der Waals surface area contributed by atoms with E-state index in [4.69, 9.17) is 5.11 Å². The SMILES string of the molecule is OCc1cccnc1-c1ccccc1. The van der Waals surface area contributed by atoms with Crippen LogP contribution in [0.5, 0.6) is 0 Å². The summed E-state index contributed by atoms with van der Waals surface area (Å²) in [6.45, 7) is 0.0259. The number of nitrogens with zero attached hydrogens (tertiary/aromatic N) is 1. The maximum Gasteiger partial charge on any atom is 0.0757 e. The molecule has 70 valence electrons. The van der Waals surface area contributed by atoms with Gasteiger partial charge in [0.1, 0.15) is 0 Å². The van der Waals surface area contributed by atoms with E-state index in [2.05, 4.69) is 4.98 Å². The molecule has 1 aromatic heterocycles. The molecule has 0 saturated carbocycles. The summed E-state index contributed by atoms with van der Waals surface area (Å²) in [6, 6.07) is 13.6. The highest BCUT2D eigenvalue weighted by Gasteiger charge is 2.03. The first-order valence-corrected chi connectivity index (χ1v) is 4.52. The highest BCUT2D eigenvalue weighted by Crippen LogP contribution is 2.20. The average molecular weight is 185 g/mol. The Bertz CT molecular complexity index is 412. The molecular weight excluding hydrogens is 174 g/mol. The smallest absolute Gasteiger partial charge is 0.0757 e. The Labute approximate surface area is 82.9 Å². The van der Waals surface area contributed by atoms with Crippen LogP contribution in [-0.4, -0.2) is 10.1 Å². The van der Waals surface area contributed by atoms with Gasteiger partial charge in [0, 0.05) is 17.3 Å². The molecule has 0 atom stereocenters. The van der Waals surface area contributed by atoms with Crippen LogP contribution in [0.4, 0.5) is 0 Å². The summed E-state index contributed by atoms with van der Waals surface area (Å²) in [7, 11) is 0. The third kappa shape index (κ3) is 1.65. The van der Waals surface area contributed by atoms with Gasteiger partial charge in [-0.05, 0) is 6.07 Å². The molecule has 2 aromatic rings. The monoisotopic (exact) mass is 185 g/mol. The Morgan fingerprint density at radius 3 is 2.50 bits per heavy atom. The molecule has 0 amide bonds. The van der Waals surface area contributed by atoms with Crippen LogP contribution in [0, 0.1) is 0 Å². The maximum absolute atomic E-state index is 9.14. The van der Waals surface area contributed by atoms with Crippen LogP contribution in [0.15, 0.2) is 48.7 Å². The molecule has 0 bridgehead atoms. The van der Waals surface area contributed by atoms with Crippen molar-refractivity contribution in [1.29, 1.82) is 0 Å². The Kier molecular flexibility index (Phi) is 2.56. The lowest BCUT2D eigenvalue weighted by Crippen LogP contribution is -1.91. The van der Waals surface area contributed by atoms with E-state index in [1.165, 1.54) is 0 Å². The number of rotatable bonds is 2. The van der Waals surface area contributed by atoms with Crippen molar-refractivity contribution in [2.24, 2.45) is 0 Å². The maximum atomic E-state index is 9.14. The molecule has 0 spiro atoms. The molecule has 2 nitrogen and oxygen atoms in total. The van der Waals surface area contributed by atoms with E-state index in [1.807, 2.05) is 42.5 Å². The van der Waals surface area contributed by atoms with Crippen LogP contribution in [0.25, 0.3) is 11.3 Å². The number of aliphatic hydroxyl groups excluding tert-OH is 1. The van der Waals surface area contributed by atoms with Gasteiger partial charge in [0.2, 0.25) is 0 Å². The minimum Gasteiger partial charge on any atom is -0.392 e. The predicted octanol–water partition coefficient (Wildman–Crippen LogP) is 2.24. The van der Waals surface area contributed by atoms with Crippen molar-refractivity contribution in [3.05, 3.63) is 54.2 Å². The summed E-state index contributed by atoms with van der Waals surface area (Å²) in [5.74, 6) is 0. The van der Waals surface area contributed by atoms with Gasteiger partial charge in [-0.3, -0.25) is 4.98 Å². The minimum atomic E-state index is 0.0259. The Balaban J connectivity index is 2.51. The fraction of sp³-hybridized carbons (Fsp3) is 0.0833. The number of pyridine rings is 1. The van der Waals surface area contributed by atoms with Gasteiger partial charge in [0.15, 0.2) is 0 Å². The van der Waals surface area contributed by atoms with Crippen LogP contribution >= 0.6 is 0 Å². The van der Waals surface area contributed by atoms with Gasteiger partial charge in [0.05, 0.1) is 12.3 Å². The predicted molar refractivity (Wildman–Crippen MR) is 55.6 cm³/mol. The average Bonchev–Trinajstić information content (AvgIpc) is 2.30. The lowest BCUT2D eigenvalue weighted by molar-refractivity contribution is 0.282. The molecule has 0 aliphatic carbocycles. The van der Waals surface area contributed by atoms with Crippen LogP contribution in [0.3, 0.4) is 0 Å². The van der Waals surface area contributed by atoms with Crippen LogP contribution < -0.4 is 0 Å². The van der Waals surface area contributed by atoms with Crippen molar-refractivity contribution in [3.63, 3.8) is 0 Å². The number of hydrogen-bond donors (Lipinski definition) is 1. The second-order valence-corrected chi connectivity index (χ2v) is 3.04. The first kappa shape index (κ1) is 8.91. The van der Waals surface area contributed by atoms with Gasteiger partial charge in [-0.1, -0.05) is 36.4 Å². The summed E-state index contributed by atoms with van der Waals surface area (Å²) in [5, 5.41) is 9.14. The highest BCUT2D eigenvalue weighted by atomic mass is 16.3. The van der Waals surface area contributed by atoms with E-state index in [0.717, 1.165) is 16.8 Å². The Morgan fingerprint density at radius 2 is 1.79 bits per heavy atom. The summed E-state index contributed by atoms with van der Waals surface area (Å²) >= 11 is 0. The number of hydrogen-bond acceptors (Lipinski definition) is 2. The molecule has 0 radical (unpaired) electrons. The lowest BCUT2D eigenvalue weighted by Gasteiger charge is -2.04. The van der Waals surface area contributed by atoms with Crippen LogP contribution in [0.1, 0.15) is 5.56 Å². The molecule has 1 heterocycles. The number of benzene rings is 1. The van der Waals surface area contributed by atoms with Crippen molar-refractivity contribution in [2.45, 2.75) is 6.61 Å². The van der Waals surface area contributed by atoms with E-state index in [1.54, 1.807) is 6.20 Å². The summed E-state index contributed by atoms with van der Waals surface area (Å²) in [5.41, 5.74) is 2.76. The molecule has 2 heteroatoms. The van der Waals surface area contributed by atoms with Gasteiger partial charge in [0.25, 0.3) is 0 Å². The third-order valence-corrected chi connectivity index (χ3v) is 2.11. The van der Waals surface area contributed by atoms with Gasteiger partial charge in [-0.2, -0.15) is 0 Å². The number of aliphatic hydroxyl groups is 1. The minimum absolute atomic E-state index is 0.0259. The summed E-state index contributed by atoms with van der Waals surface area (Å²) in [4.78, 5) is 4.26. The van der Waals surface area contributed by atoms with E-state index >= 15 is 0 Å². The van der Waals surface area contributed by atoms with Crippen LogP contribution in [-0.2, 0) is 6.61 Å². The van der Waals surface area contributed by atoms with E-state index in [0.29, 0.717) is 0 Å².